The Labute approximate surface area is 195 Å². The molecule has 0 fully saturated rings. The van der Waals surface area contributed by atoms with Gasteiger partial charge in [0.25, 0.3) is 10.0 Å². The van der Waals surface area contributed by atoms with Crippen LogP contribution >= 0.6 is 27.7 Å². The van der Waals surface area contributed by atoms with E-state index >= 15 is 0 Å². The first kappa shape index (κ1) is 23.4. The van der Waals surface area contributed by atoms with Gasteiger partial charge in [-0.3, -0.25) is 9.52 Å². The van der Waals surface area contributed by atoms with Gasteiger partial charge in [0.05, 0.1) is 10.6 Å². The van der Waals surface area contributed by atoms with E-state index in [1.165, 1.54) is 23.9 Å². The molecular formula is C23H23BrN2O3S2. The largest absolute Gasteiger partial charge is 0.325 e. The highest BCUT2D eigenvalue weighted by atomic mass is 79.9. The summed E-state index contributed by atoms with van der Waals surface area (Å²) in [6, 6.07) is 19.4. The van der Waals surface area contributed by atoms with Crippen LogP contribution in [0.25, 0.3) is 0 Å². The Morgan fingerprint density at radius 1 is 0.935 bits per heavy atom. The highest BCUT2D eigenvalue weighted by Gasteiger charge is 2.15. The second-order valence-corrected chi connectivity index (χ2v) is 10.6. The van der Waals surface area contributed by atoms with Gasteiger partial charge in [0, 0.05) is 21.6 Å². The van der Waals surface area contributed by atoms with Crippen molar-refractivity contribution in [1.29, 1.82) is 0 Å². The summed E-state index contributed by atoms with van der Waals surface area (Å²) in [6.45, 7) is 3.90. The van der Waals surface area contributed by atoms with Gasteiger partial charge in [0.15, 0.2) is 0 Å². The minimum absolute atomic E-state index is 0.132. The van der Waals surface area contributed by atoms with Crippen molar-refractivity contribution in [1.82, 2.24) is 0 Å². The van der Waals surface area contributed by atoms with Crippen molar-refractivity contribution in [2.75, 3.05) is 15.8 Å². The normalized spacial score (nSPS) is 11.2. The number of carbonyl (C=O) groups excluding carboxylic acids is 1. The maximum absolute atomic E-state index is 12.6. The molecule has 0 aliphatic heterocycles. The zero-order valence-corrected chi connectivity index (χ0v) is 20.4. The van der Waals surface area contributed by atoms with Crippen LogP contribution in [0.15, 0.2) is 76.1 Å². The molecule has 0 spiro atoms. The lowest BCUT2D eigenvalue weighted by Gasteiger charge is -2.11. The second kappa shape index (κ2) is 10.3. The number of sulfonamides is 1. The summed E-state index contributed by atoms with van der Waals surface area (Å²) in [5.74, 6) is 0.882. The molecule has 0 aliphatic rings. The summed E-state index contributed by atoms with van der Waals surface area (Å²) in [5, 5.41) is 2.80. The number of nitrogens with one attached hydrogen (secondary N) is 2. The van der Waals surface area contributed by atoms with Crippen LogP contribution in [0.1, 0.15) is 16.7 Å². The highest BCUT2D eigenvalue weighted by molar-refractivity contribution is 9.10. The summed E-state index contributed by atoms with van der Waals surface area (Å²) in [4.78, 5) is 12.3. The first-order chi connectivity index (χ1) is 14.7. The fraction of sp³-hybridized carbons (Fsp3) is 0.174. The molecule has 1 amide bonds. The van der Waals surface area contributed by atoms with Gasteiger partial charge in [-0.1, -0.05) is 40.2 Å². The van der Waals surface area contributed by atoms with E-state index in [1.807, 2.05) is 44.2 Å². The van der Waals surface area contributed by atoms with Crippen LogP contribution in [0.2, 0.25) is 0 Å². The summed E-state index contributed by atoms with van der Waals surface area (Å²) >= 11 is 5.01. The molecule has 0 aliphatic carbocycles. The van der Waals surface area contributed by atoms with Gasteiger partial charge < -0.3 is 5.32 Å². The average Bonchev–Trinajstić information content (AvgIpc) is 2.72. The van der Waals surface area contributed by atoms with Crippen molar-refractivity contribution in [3.05, 3.63) is 87.9 Å². The van der Waals surface area contributed by atoms with Crippen LogP contribution in [-0.2, 0) is 20.6 Å². The van der Waals surface area contributed by atoms with E-state index in [-0.39, 0.29) is 10.8 Å². The van der Waals surface area contributed by atoms with Crippen molar-refractivity contribution >= 4 is 55.0 Å². The number of rotatable bonds is 8. The average molecular weight is 519 g/mol. The van der Waals surface area contributed by atoms with Crippen LogP contribution in [-0.4, -0.2) is 20.1 Å². The number of benzene rings is 3. The molecule has 0 unspecified atom stereocenters. The van der Waals surface area contributed by atoms with Crippen molar-refractivity contribution < 1.29 is 13.2 Å². The Balaban J connectivity index is 1.55. The molecule has 3 aromatic carbocycles. The predicted molar refractivity (Wildman–Crippen MR) is 132 cm³/mol. The third-order valence-corrected chi connectivity index (χ3v) is 7.81. The second-order valence-electron chi connectivity index (χ2n) is 7.06. The summed E-state index contributed by atoms with van der Waals surface area (Å²) in [7, 11) is -3.71. The third kappa shape index (κ3) is 6.59. The number of hydrogen-bond donors (Lipinski definition) is 2. The van der Waals surface area contributed by atoms with Gasteiger partial charge >= 0.3 is 0 Å². The monoisotopic (exact) mass is 518 g/mol. The summed E-state index contributed by atoms with van der Waals surface area (Å²) in [6.07, 6.45) is 0. The van der Waals surface area contributed by atoms with Gasteiger partial charge in [0.1, 0.15) is 0 Å². The highest BCUT2D eigenvalue weighted by Crippen LogP contribution is 2.22. The number of carbonyl (C=O) groups is 1. The van der Waals surface area contributed by atoms with Crippen LogP contribution in [0, 0.1) is 13.8 Å². The fourth-order valence-electron chi connectivity index (χ4n) is 2.80. The summed E-state index contributed by atoms with van der Waals surface area (Å²) in [5.41, 5.74) is 4.30. The Morgan fingerprint density at radius 2 is 1.61 bits per heavy atom. The van der Waals surface area contributed by atoms with Gasteiger partial charge in [-0.25, -0.2) is 8.42 Å². The van der Waals surface area contributed by atoms with Crippen molar-refractivity contribution in [2.24, 2.45) is 0 Å². The van der Waals surface area contributed by atoms with E-state index in [4.69, 9.17) is 0 Å². The lowest BCUT2D eigenvalue weighted by Crippen LogP contribution is -2.15. The molecule has 0 heterocycles. The van der Waals surface area contributed by atoms with Crippen LogP contribution in [0.4, 0.5) is 11.4 Å². The SMILES string of the molecule is Cc1ccc(NS(=O)(=O)c2ccc(NC(=O)CSCc3ccccc3Br)cc2)cc1C. The number of anilines is 2. The van der Waals surface area contributed by atoms with Gasteiger partial charge in [-0.05, 0) is 73.0 Å². The Kier molecular flexibility index (Phi) is 7.80. The molecule has 8 heteroatoms. The predicted octanol–water partition coefficient (Wildman–Crippen LogP) is 5.74. The molecule has 0 aromatic heterocycles. The lowest BCUT2D eigenvalue weighted by atomic mass is 10.1. The zero-order chi connectivity index (χ0) is 22.4. The third-order valence-electron chi connectivity index (χ3n) is 4.66. The number of hydrogen-bond acceptors (Lipinski definition) is 4. The lowest BCUT2D eigenvalue weighted by molar-refractivity contribution is -0.113. The van der Waals surface area contributed by atoms with Gasteiger partial charge in [-0.2, -0.15) is 0 Å². The van der Waals surface area contributed by atoms with E-state index in [2.05, 4.69) is 26.0 Å². The molecule has 162 valence electrons. The summed E-state index contributed by atoms with van der Waals surface area (Å²) < 4.78 is 28.9. The van der Waals surface area contributed by atoms with Crippen molar-refractivity contribution in [2.45, 2.75) is 24.5 Å². The smallest absolute Gasteiger partial charge is 0.261 e. The number of thioether (sulfide) groups is 1. The molecule has 5 nitrogen and oxygen atoms in total. The van der Waals surface area contributed by atoms with E-state index in [1.54, 1.807) is 24.3 Å². The molecule has 0 atom stereocenters. The van der Waals surface area contributed by atoms with Gasteiger partial charge in [-0.15, -0.1) is 11.8 Å². The van der Waals surface area contributed by atoms with Crippen LogP contribution < -0.4 is 10.0 Å². The molecule has 0 bridgehead atoms. The minimum atomic E-state index is -3.71. The maximum Gasteiger partial charge on any atom is 0.261 e. The van der Waals surface area contributed by atoms with E-state index < -0.39 is 10.0 Å². The zero-order valence-electron chi connectivity index (χ0n) is 17.2. The molecule has 3 rings (SSSR count). The molecule has 0 radical (unpaired) electrons. The molecule has 31 heavy (non-hydrogen) atoms. The van der Waals surface area contributed by atoms with E-state index in [0.717, 1.165) is 26.9 Å². The molecule has 2 N–H and O–H groups in total. The van der Waals surface area contributed by atoms with Crippen molar-refractivity contribution in [3.63, 3.8) is 0 Å². The van der Waals surface area contributed by atoms with Gasteiger partial charge in [0.2, 0.25) is 5.91 Å². The maximum atomic E-state index is 12.6. The molecular weight excluding hydrogens is 496 g/mol. The Hall–Kier alpha value is -2.29. The first-order valence-corrected chi connectivity index (χ1v) is 13.0. The quantitative estimate of drug-likeness (QED) is 0.398. The fourth-order valence-corrected chi connectivity index (χ4v) is 5.29. The van der Waals surface area contributed by atoms with E-state index in [0.29, 0.717) is 17.1 Å². The minimum Gasteiger partial charge on any atom is -0.325 e. The van der Waals surface area contributed by atoms with Crippen LogP contribution in [0.3, 0.4) is 0 Å². The Morgan fingerprint density at radius 3 is 2.29 bits per heavy atom. The number of halogens is 1. The first-order valence-electron chi connectivity index (χ1n) is 9.56. The topological polar surface area (TPSA) is 75.3 Å². The van der Waals surface area contributed by atoms with Crippen LogP contribution in [0.5, 0.6) is 0 Å². The van der Waals surface area contributed by atoms with E-state index in [9.17, 15) is 13.2 Å². The molecule has 0 saturated carbocycles. The molecule has 0 saturated heterocycles. The standard InChI is InChI=1S/C23H23BrN2O3S2/c1-16-7-8-20(13-17(16)2)26-31(28,29)21-11-9-19(10-12-21)25-23(27)15-30-14-18-5-3-4-6-22(18)24/h3-13,26H,14-15H2,1-2H3,(H,25,27). The van der Waals surface area contributed by atoms with Crippen molar-refractivity contribution in [3.8, 4) is 0 Å². The number of amides is 1. The Bertz CT molecular complexity index is 1180. The number of aryl methyl sites for hydroxylation is 2. The molecule has 3 aromatic rings.